The monoisotopic (exact) mass is 510 g/mol. The summed E-state index contributed by atoms with van der Waals surface area (Å²) in [6.07, 6.45) is 1.93. The summed E-state index contributed by atoms with van der Waals surface area (Å²) in [5, 5.41) is 11.6. The predicted molar refractivity (Wildman–Crippen MR) is 167 cm³/mol. The van der Waals surface area contributed by atoms with Gasteiger partial charge in [0.05, 0.1) is 6.26 Å². The molecule has 0 fully saturated rings. The fourth-order valence-corrected chi connectivity index (χ4v) is 6.49. The molecule has 0 unspecified atom stereocenters. The molecule has 186 valence electrons. The molecule has 0 aliphatic heterocycles. The topological polar surface area (TPSA) is 26.3 Å². The zero-order chi connectivity index (χ0) is 26.2. The zero-order valence-corrected chi connectivity index (χ0v) is 21.5. The first-order valence-corrected chi connectivity index (χ1v) is 13.6. The molecule has 2 heteroatoms. The largest absolute Gasteiger partial charge is 0.463 e. The molecule has 0 atom stereocenters. The number of furan rings is 2. The van der Waals surface area contributed by atoms with Gasteiger partial charge in [-0.3, -0.25) is 0 Å². The molecule has 0 saturated heterocycles. The van der Waals surface area contributed by atoms with Crippen molar-refractivity contribution >= 4 is 65.0 Å². The second-order valence-electron chi connectivity index (χ2n) is 10.5. The molecule has 9 rings (SSSR count). The minimum atomic E-state index is 0.882. The smallest absolute Gasteiger partial charge is 0.142 e. The first-order valence-electron chi connectivity index (χ1n) is 13.6. The maximum atomic E-state index is 6.61. The molecule has 9 aromatic rings. The van der Waals surface area contributed by atoms with Crippen LogP contribution < -0.4 is 0 Å². The van der Waals surface area contributed by atoms with Crippen molar-refractivity contribution in [3.63, 3.8) is 0 Å². The molecule has 2 nitrogen and oxygen atoms in total. The van der Waals surface area contributed by atoms with Gasteiger partial charge < -0.3 is 8.83 Å². The molecule has 2 aromatic heterocycles. The van der Waals surface area contributed by atoms with Gasteiger partial charge in [-0.05, 0) is 62.0 Å². The molecule has 0 aliphatic carbocycles. The van der Waals surface area contributed by atoms with Crippen LogP contribution in [0.3, 0.4) is 0 Å². The number of hydrogen-bond donors (Lipinski definition) is 0. The molecule has 0 radical (unpaired) electrons. The lowest BCUT2D eigenvalue weighted by atomic mass is 9.87. The van der Waals surface area contributed by atoms with Crippen LogP contribution in [0.2, 0.25) is 0 Å². The molecule has 0 N–H and O–H groups in total. The van der Waals surface area contributed by atoms with Gasteiger partial charge in [0.2, 0.25) is 0 Å². The predicted octanol–water partition coefficient (Wildman–Crippen LogP) is 11.1. The van der Waals surface area contributed by atoms with Crippen molar-refractivity contribution in [1.29, 1.82) is 0 Å². The molecule has 0 bridgehead atoms. The van der Waals surface area contributed by atoms with Crippen molar-refractivity contribution in [2.45, 2.75) is 0 Å². The first kappa shape index (κ1) is 21.6. The van der Waals surface area contributed by atoms with Gasteiger partial charge in [-0.2, -0.15) is 0 Å². The van der Waals surface area contributed by atoms with E-state index in [1.54, 1.807) is 0 Å². The Morgan fingerprint density at radius 1 is 0.400 bits per heavy atom. The van der Waals surface area contributed by atoms with E-state index >= 15 is 0 Å². The lowest BCUT2D eigenvalue weighted by molar-refractivity contribution is 0.620. The molecule has 0 saturated carbocycles. The minimum Gasteiger partial charge on any atom is -0.463 e. The second-order valence-corrected chi connectivity index (χ2v) is 10.5. The van der Waals surface area contributed by atoms with Gasteiger partial charge in [0.25, 0.3) is 0 Å². The summed E-state index contributed by atoms with van der Waals surface area (Å²) in [6, 6.07) is 45.1. The molecule has 0 spiro atoms. The van der Waals surface area contributed by atoms with Gasteiger partial charge in [0.1, 0.15) is 16.9 Å². The minimum absolute atomic E-state index is 0.882. The summed E-state index contributed by atoms with van der Waals surface area (Å²) in [7, 11) is 0. The summed E-state index contributed by atoms with van der Waals surface area (Å²) < 4.78 is 12.9. The molecular formula is C38H22O2. The van der Waals surface area contributed by atoms with E-state index < -0.39 is 0 Å². The fourth-order valence-electron chi connectivity index (χ4n) is 6.49. The van der Waals surface area contributed by atoms with E-state index in [4.69, 9.17) is 8.83 Å². The van der Waals surface area contributed by atoms with Crippen LogP contribution in [0.15, 0.2) is 142 Å². The van der Waals surface area contributed by atoms with Crippen LogP contribution >= 0.6 is 0 Å². The van der Waals surface area contributed by atoms with Crippen molar-refractivity contribution in [2.24, 2.45) is 0 Å². The van der Waals surface area contributed by atoms with Crippen LogP contribution in [0.25, 0.3) is 87.5 Å². The third-order valence-electron chi connectivity index (χ3n) is 8.30. The Bertz CT molecular complexity index is 2330. The van der Waals surface area contributed by atoms with Gasteiger partial charge in [0, 0.05) is 32.8 Å². The van der Waals surface area contributed by atoms with Crippen LogP contribution in [0.1, 0.15) is 0 Å². The molecule has 0 aliphatic rings. The normalized spacial score (nSPS) is 12.0. The third-order valence-corrected chi connectivity index (χ3v) is 8.30. The first-order chi connectivity index (χ1) is 19.8. The van der Waals surface area contributed by atoms with E-state index in [-0.39, 0.29) is 0 Å². The standard InChI is InChI=1S/C38H22O2/c1-2-11-25-20-34-26(19-24(25)10-1)21-35(40-34)37-30-15-7-5-13-28(30)36(29-14-6-8-16-31(29)37)33-22-39-38-27-12-4-3-9-23(27)17-18-32(33)38/h1-22H. The van der Waals surface area contributed by atoms with E-state index in [1.165, 1.54) is 32.5 Å². The summed E-state index contributed by atoms with van der Waals surface area (Å²) in [6.45, 7) is 0. The Balaban J connectivity index is 1.38. The Labute approximate surface area is 229 Å². The van der Waals surface area contributed by atoms with E-state index in [2.05, 4.69) is 127 Å². The molecule has 40 heavy (non-hydrogen) atoms. The van der Waals surface area contributed by atoms with E-state index in [0.29, 0.717) is 0 Å². The van der Waals surface area contributed by atoms with Crippen molar-refractivity contribution in [1.82, 2.24) is 0 Å². The van der Waals surface area contributed by atoms with Crippen LogP contribution in [-0.4, -0.2) is 0 Å². The highest BCUT2D eigenvalue weighted by Gasteiger charge is 2.21. The van der Waals surface area contributed by atoms with Crippen molar-refractivity contribution in [3.8, 4) is 22.5 Å². The second kappa shape index (κ2) is 8.08. The number of hydrogen-bond acceptors (Lipinski definition) is 2. The Kier molecular flexibility index (Phi) is 4.36. The summed E-state index contributed by atoms with van der Waals surface area (Å²) >= 11 is 0. The Morgan fingerprint density at radius 3 is 1.68 bits per heavy atom. The Morgan fingerprint density at radius 2 is 0.975 bits per heavy atom. The zero-order valence-electron chi connectivity index (χ0n) is 21.5. The third kappa shape index (κ3) is 2.99. The van der Waals surface area contributed by atoms with E-state index in [0.717, 1.165) is 55.0 Å². The van der Waals surface area contributed by atoms with Gasteiger partial charge >= 0.3 is 0 Å². The van der Waals surface area contributed by atoms with Crippen molar-refractivity contribution in [2.75, 3.05) is 0 Å². The van der Waals surface area contributed by atoms with Gasteiger partial charge in [-0.1, -0.05) is 103 Å². The lowest BCUT2D eigenvalue weighted by Crippen LogP contribution is -1.89. The van der Waals surface area contributed by atoms with E-state index in [1.807, 2.05) is 6.26 Å². The SMILES string of the molecule is c1ccc2cc3oc(-c4c5ccccc5c(-c5coc6c5ccc5ccccc56)c5ccccc45)cc3cc2c1. The van der Waals surface area contributed by atoms with Crippen LogP contribution in [0.4, 0.5) is 0 Å². The van der Waals surface area contributed by atoms with Gasteiger partial charge in [-0.15, -0.1) is 0 Å². The lowest BCUT2D eigenvalue weighted by Gasteiger charge is -2.15. The van der Waals surface area contributed by atoms with Gasteiger partial charge in [0.15, 0.2) is 0 Å². The molecule has 7 aromatic carbocycles. The summed E-state index contributed by atoms with van der Waals surface area (Å²) in [5.41, 5.74) is 5.24. The maximum Gasteiger partial charge on any atom is 0.142 e. The van der Waals surface area contributed by atoms with Crippen molar-refractivity contribution < 1.29 is 8.83 Å². The van der Waals surface area contributed by atoms with Crippen LogP contribution in [-0.2, 0) is 0 Å². The van der Waals surface area contributed by atoms with E-state index in [9.17, 15) is 0 Å². The summed E-state index contributed by atoms with van der Waals surface area (Å²) in [5.74, 6) is 0.882. The highest BCUT2D eigenvalue weighted by atomic mass is 16.3. The molecule has 2 heterocycles. The number of rotatable bonds is 2. The number of benzene rings is 7. The molecular weight excluding hydrogens is 488 g/mol. The van der Waals surface area contributed by atoms with Crippen molar-refractivity contribution in [3.05, 3.63) is 134 Å². The molecule has 0 amide bonds. The van der Waals surface area contributed by atoms with Crippen LogP contribution in [0, 0.1) is 0 Å². The number of fused-ring (bicyclic) bond motifs is 7. The van der Waals surface area contributed by atoms with Crippen LogP contribution in [0.5, 0.6) is 0 Å². The Hall–Kier alpha value is -5.34. The average Bonchev–Trinajstić information content (AvgIpc) is 3.62. The van der Waals surface area contributed by atoms with Gasteiger partial charge in [-0.25, -0.2) is 0 Å². The highest BCUT2D eigenvalue weighted by Crippen LogP contribution is 2.47. The average molecular weight is 511 g/mol. The maximum absolute atomic E-state index is 6.61. The highest BCUT2D eigenvalue weighted by molar-refractivity contribution is 6.24. The summed E-state index contributed by atoms with van der Waals surface area (Å²) in [4.78, 5) is 0. The fraction of sp³-hybridized carbons (Fsp3) is 0. The quantitative estimate of drug-likeness (QED) is 0.216.